The van der Waals surface area contributed by atoms with Crippen LogP contribution < -0.4 is 5.32 Å². The number of methoxy groups -OCH3 is 2. The van der Waals surface area contributed by atoms with Crippen LogP contribution in [-0.2, 0) is 19.5 Å². The van der Waals surface area contributed by atoms with Crippen molar-refractivity contribution < 1.29 is 32.3 Å². The lowest BCUT2D eigenvalue weighted by Crippen LogP contribution is -2.35. The quantitative estimate of drug-likeness (QED) is 0.611. The third kappa shape index (κ3) is 5.52. The number of piperidine rings is 1. The number of carbonyl (C=O) groups excluding carboxylic acids is 3. The fraction of sp³-hybridized carbons (Fsp3) is 0.318. The van der Waals surface area contributed by atoms with Crippen LogP contribution in [0.15, 0.2) is 41.3 Å². The van der Waals surface area contributed by atoms with Gasteiger partial charge in [-0.2, -0.15) is 4.31 Å². The molecule has 1 aliphatic heterocycles. The smallest absolute Gasteiger partial charge is 0.337 e. The number of halogens is 1. The van der Waals surface area contributed by atoms with Crippen molar-refractivity contribution in [2.45, 2.75) is 24.2 Å². The van der Waals surface area contributed by atoms with Gasteiger partial charge in [0.15, 0.2) is 0 Å². The predicted molar refractivity (Wildman–Crippen MR) is 121 cm³/mol. The minimum atomic E-state index is -3.87. The highest BCUT2D eigenvalue weighted by Gasteiger charge is 2.29. The Hall–Kier alpha value is -2.95. The number of rotatable bonds is 6. The van der Waals surface area contributed by atoms with E-state index in [-0.39, 0.29) is 32.3 Å². The molecule has 3 rings (SSSR count). The van der Waals surface area contributed by atoms with Gasteiger partial charge in [0.2, 0.25) is 10.0 Å². The average Bonchev–Trinajstić information content (AvgIpc) is 2.83. The van der Waals surface area contributed by atoms with E-state index in [1.54, 1.807) is 0 Å². The van der Waals surface area contributed by atoms with Gasteiger partial charge in [0, 0.05) is 24.3 Å². The molecule has 176 valence electrons. The van der Waals surface area contributed by atoms with Crippen LogP contribution in [0.5, 0.6) is 0 Å². The minimum Gasteiger partial charge on any atom is -0.465 e. The summed E-state index contributed by atoms with van der Waals surface area (Å²) in [5.41, 5.74) is 0.220. The molecule has 2 aromatic carbocycles. The first-order valence-electron chi connectivity index (χ1n) is 10.1. The summed E-state index contributed by atoms with van der Waals surface area (Å²) in [6.07, 6.45) is 2.48. The van der Waals surface area contributed by atoms with Crippen LogP contribution in [0.2, 0.25) is 5.02 Å². The highest BCUT2D eigenvalue weighted by molar-refractivity contribution is 7.89. The zero-order chi connectivity index (χ0) is 24.2. The fourth-order valence-electron chi connectivity index (χ4n) is 3.46. The topological polar surface area (TPSA) is 119 Å². The maximum Gasteiger partial charge on any atom is 0.337 e. The lowest BCUT2D eigenvalue weighted by Gasteiger charge is -2.26. The number of amides is 1. The summed E-state index contributed by atoms with van der Waals surface area (Å²) in [6.45, 7) is 0.789. The summed E-state index contributed by atoms with van der Waals surface area (Å²) >= 11 is 6.17. The van der Waals surface area contributed by atoms with E-state index in [1.807, 2.05) is 0 Å². The lowest BCUT2D eigenvalue weighted by molar-refractivity contribution is 0.0598. The molecule has 0 saturated carbocycles. The van der Waals surface area contributed by atoms with E-state index in [0.29, 0.717) is 13.1 Å². The Labute approximate surface area is 196 Å². The van der Waals surface area contributed by atoms with Crippen LogP contribution >= 0.6 is 11.6 Å². The maximum absolute atomic E-state index is 13.1. The molecule has 33 heavy (non-hydrogen) atoms. The molecule has 11 heteroatoms. The maximum atomic E-state index is 13.1. The molecule has 0 unspecified atom stereocenters. The number of benzene rings is 2. The highest BCUT2D eigenvalue weighted by Crippen LogP contribution is 2.28. The largest absolute Gasteiger partial charge is 0.465 e. The van der Waals surface area contributed by atoms with E-state index in [2.05, 4.69) is 14.8 Å². The number of carbonyl (C=O) groups is 3. The van der Waals surface area contributed by atoms with Gasteiger partial charge in [-0.15, -0.1) is 0 Å². The van der Waals surface area contributed by atoms with Crippen molar-refractivity contribution in [3.63, 3.8) is 0 Å². The second kappa shape index (κ2) is 10.3. The van der Waals surface area contributed by atoms with Gasteiger partial charge in [-0.3, -0.25) is 4.79 Å². The van der Waals surface area contributed by atoms with Crippen LogP contribution in [0.1, 0.15) is 50.3 Å². The average molecular weight is 495 g/mol. The van der Waals surface area contributed by atoms with Crippen LogP contribution in [0, 0.1) is 0 Å². The normalized spacial score (nSPS) is 14.4. The van der Waals surface area contributed by atoms with Gasteiger partial charge in [-0.1, -0.05) is 18.0 Å². The standard InChI is InChI=1S/C22H23ClN2O7S/c1-31-21(27)15-10-16(22(28)32-2)12-17(11-15)24-20(26)14-6-7-18(23)19(13-14)33(29,30)25-8-4-3-5-9-25/h6-7,10-13H,3-5,8-9H2,1-2H3,(H,24,26). The third-order valence-electron chi connectivity index (χ3n) is 5.16. The second-order valence-electron chi connectivity index (χ2n) is 7.35. The lowest BCUT2D eigenvalue weighted by atomic mass is 10.1. The van der Waals surface area contributed by atoms with Crippen molar-refractivity contribution in [3.05, 3.63) is 58.1 Å². The van der Waals surface area contributed by atoms with E-state index in [1.165, 1.54) is 54.9 Å². The van der Waals surface area contributed by atoms with Gasteiger partial charge in [0.1, 0.15) is 4.90 Å². The molecule has 0 spiro atoms. The van der Waals surface area contributed by atoms with Crippen molar-refractivity contribution >= 4 is 45.2 Å². The van der Waals surface area contributed by atoms with Crippen molar-refractivity contribution in [3.8, 4) is 0 Å². The molecule has 2 aromatic rings. The number of hydrogen-bond acceptors (Lipinski definition) is 7. The van der Waals surface area contributed by atoms with E-state index in [9.17, 15) is 22.8 Å². The van der Waals surface area contributed by atoms with E-state index in [4.69, 9.17) is 11.6 Å². The number of hydrogen-bond donors (Lipinski definition) is 1. The molecular formula is C22H23ClN2O7S. The zero-order valence-electron chi connectivity index (χ0n) is 18.1. The molecule has 1 heterocycles. The Morgan fingerprint density at radius 2 is 1.45 bits per heavy atom. The van der Waals surface area contributed by atoms with Gasteiger partial charge < -0.3 is 14.8 Å². The van der Waals surface area contributed by atoms with E-state index < -0.39 is 27.9 Å². The molecule has 1 saturated heterocycles. The summed E-state index contributed by atoms with van der Waals surface area (Å²) in [5, 5.41) is 2.58. The van der Waals surface area contributed by atoms with Gasteiger partial charge in [-0.05, 0) is 49.2 Å². The molecule has 9 nitrogen and oxygen atoms in total. The zero-order valence-corrected chi connectivity index (χ0v) is 19.7. The van der Waals surface area contributed by atoms with Crippen molar-refractivity contribution in [2.75, 3.05) is 32.6 Å². The monoisotopic (exact) mass is 494 g/mol. The Kier molecular flexibility index (Phi) is 7.72. The van der Waals surface area contributed by atoms with Gasteiger partial charge in [-0.25, -0.2) is 18.0 Å². The fourth-order valence-corrected chi connectivity index (χ4v) is 5.48. The first kappa shape index (κ1) is 24.7. The minimum absolute atomic E-state index is 0.0118. The summed E-state index contributed by atoms with van der Waals surface area (Å²) in [5.74, 6) is -2.07. The number of nitrogens with one attached hydrogen (secondary N) is 1. The molecule has 0 radical (unpaired) electrons. The first-order chi connectivity index (χ1) is 15.7. The second-order valence-corrected chi connectivity index (χ2v) is 9.66. The van der Waals surface area contributed by atoms with Crippen molar-refractivity contribution in [2.24, 2.45) is 0 Å². The molecular weight excluding hydrogens is 472 g/mol. The molecule has 1 fully saturated rings. The highest BCUT2D eigenvalue weighted by atomic mass is 35.5. The third-order valence-corrected chi connectivity index (χ3v) is 7.54. The molecule has 1 amide bonds. The SMILES string of the molecule is COC(=O)c1cc(NC(=O)c2ccc(Cl)c(S(=O)(=O)N3CCCCC3)c2)cc(C(=O)OC)c1. The van der Waals surface area contributed by atoms with E-state index >= 15 is 0 Å². The Morgan fingerprint density at radius 3 is 2.00 bits per heavy atom. The Balaban J connectivity index is 1.93. The van der Waals surface area contributed by atoms with Crippen molar-refractivity contribution in [1.29, 1.82) is 0 Å². The molecule has 1 aliphatic rings. The molecule has 0 atom stereocenters. The summed E-state index contributed by atoms with van der Waals surface area (Å²) in [7, 11) is -1.50. The Bertz CT molecular complexity index is 1160. The van der Waals surface area contributed by atoms with Crippen LogP contribution in [-0.4, -0.2) is 57.9 Å². The van der Waals surface area contributed by atoms with Crippen LogP contribution in [0.4, 0.5) is 5.69 Å². The van der Waals surface area contributed by atoms with Gasteiger partial charge in [0.05, 0.1) is 30.4 Å². The summed E-state index contributed by atoms with van der Waals surface area (Å²) < 4.78 is 36.8. The number of esters is 2. The molecule has 0 bridgehead atoms. The molecule has 0 aliphatic carbocycles. The van der Waals surface area contributed by atoms with Gasteiger partial charge in [0.25, 0.3) is 5.91 Å². The number of nitrogens with zero attached hydrogens (tertiary/aromatic N) is 1. The summed E-state index contributed by atoms with van der Waals surface area (Å²) in [6, 6.07) is 7.89. The first-order valence-corrected chi connectivity index (χ1v) is 11.9. The number of ether oxygens (including phenoxy) is 2. The van der Waals surface area contributed by atoms with Crippen molar-refractivity contribution in [1.82, 2.24) is 4.31 Å². The molecule has 0 aromatic heterocycles. The van der Waals surface area contributed by atoms with Crippen LogP contribution in [0.3, 0.4) is 0 Å². The predicted octanol–water partition coefficient (Wildman–Crippen LogP) is 3.34. The van der Waals surface area contributed by atoms with E-state index in [0.717, 1.165) is 19.3 Å². The number of sulfonamides is 1. The Morgan fingerprint density at radius 1 is 0.879 bits per heavy atom. The van der Waals surface area contributed by atoms with Gasteiger partial charge >= 0.3 is 11.9 Å². The van der Waals surface area contributed by atoms with Crippen LogP contribution in [0.25, 0.3) is 0 Å². The summed E-state index contributed by atoms with van der Waals surface area (Å²) in [4.78, 5) is 36.6. The number of anilines is 1. The molecule has 1 N–H and O–H groups in total.